The molecule has 1 amide bonds. The Labute approximate surface area is 165 Å². The quantitative estimate of drug-likeness (QED) is 0.727. The molecule has 1 aliphatic rings. The van der Waals surface area contributed by atoms with Crippen LogP contribution in [0.25, 0.3) is 11.4 Å². The van der Waals surface area contributed by atoms with Crippen LogP contribution in [0.1, 0.15) is 34.3 Å². The highest BCUT2D eigenvalue weighted by Gasteiger charge is 2.26. The molecule has 1 unspecified atom stereocenters. The Morgan fingerprint density at radius 1 is 1.18 bits per heavy atom. The maximum absolute atomic E-state index is 13.2. The number of aromatic nitrogens is 3. The van der Waals surface area contributed by atoms with E-state index < -0.39 is 0 Å². The van der Waals surface area contributed by atoms with Gasteiger partial charge in [0.25, 0.3) is 5.91 Å². The van der Waals surface area contributed by atoms with E-state index in [9.17, 15) is 4.79 Å². The number of carbonyl (C=O) groups is 1. The predicted octanol–water partition coefficient (Wildman–Crippen LogP) is 3.81. The number of piperidine rings is 1. The topological polar surface area (TPSA) is 73.9 Å². The van der Waals surface area contributed by atoms with Gasteiger partial charge in [-0.05, 0) is 56.0 Å². The zero-order chi connectivity index (χ0) is 19.5. The number of aryl methyl sites for hydroxylation is 2. The number of benzene rings is 2. The highest BCUT2D eigenvalue weighted by molar-refractivity contribution is 6.00. The number of carbonyl (C=O) groups excluding carboxylic acids is 1. The maximum Gasteiger partial charge on any atom is 0.254 e. The summed E-state index contributed by atoms with van der Waals surface area (Å²) in [7, 11) is 0. The van der Waals surface area contributed by atoms with Gasteiger partial charge in [-0.3, -0.25) is 9.89 Å². The molecule has 28 heavy (non-hydrogen) atoms. The summed E-state index contributed by atoms with van der Waals surface area (Å²) in [5.74, 6) is 0.657. The van der Waals surface area contributed by atoms with Crippen molar-refractivity contribution < 1.29 is 4.79 Å². The van der Waals surface area contributed by atoms with Gasteiger partial charge < -0.3 is 10.2 Å². The first-order valence-electron chi connectivity index (χ1n) is 9.69. The Bertz CT molecular complexity index is 967. The molecule has 1 atom stereocenters. The summed E-state index contributed by atoms with van der Waals surface area (Å²) in [5, 5.41) is 10.4. The van der Waals surface area contributed by atoms with E-state index >= 15 is 0 Å². The van der Waals surface area contributed by atoms with E-state index in [0.717, 1.165) is 30.6 Å². The Balaban J connectivity index is 1.50. The molecule has 1 aromatic heterocycles. The van der Waals surface area contributed by atoms with E-state index in [1.807, 2.05) is 29.2 Å². The van der Waals surface area contributed by atoms with Crippen LogP contribution in [0, 0.1) is 13.8 Å². The smallest absolute Gasteiger partial charge is 0.254 e. The fraction of sp³-hybridized carbons (Fsp3) is 0.318. The van der Waals surface area contributed by atoms with E-state index in [-0.39, 0.29) is 11.9 Å². The third-order valence-electron chi connectivity index (χ3n) is 5.41. The number of aromatic amines is 1. The molecular weight excluding hydrogens is 350 g/mol. The number of likely N-dealkylation sites (tertiary alicyclic amines) is 1. The van der Waals surface area contributed by atoms with Gasteiger partial charge in [-0.2, -0.15) is 5.10 Å². The fourth-order valence-corrected chi connectivity index (χ4v) is 3.73. The van der Waals surface area contributed by atoms with Crippen LogP contribution in [0.5, 0.6) is 0 Å². The predicted molar refractivity (Wildman–Crippen MR) is 110 cm³/mol. The monoisotopic (exact) mass is 375 g/mol. The summed E-state index contributed by atoms with van der Waals surface area (Å²) >= 11 is 0. The van der Waals surface area contributed by atoms with Gasteiger partial charge in [0.1, 0.15) is 6.33 Å². The van der Waals surface area contributed by atoms with E-state index in [0.29, 0.717) is 17.9 Å². The Kier molecular flexibility index (Phi) is 5.10. The van der Waals surface area contributed by atoms with Crippen LogP contribution >= 0.6 is 0 Å². The van der Waals surface area contributed by atoms with Gasteiger partial charge in [0.15, 0.2) is 5.82 Å². The van der Waals surface area contributed by atoms with Crippen molar-refractivity contribution in [1.82, 2.24) is 20.1 Å². The molecule has 0 saturated carbocycles. The summed E-state index contributed by atoms with van der Waals surface area (Å²) in [6, 6.07) is 14.2. The van der Waals surface area contributed by atoms with Crippen molar-refractivity contribution in [2.75, 3.05) is 18.4 Å². The van der Waals surface area contributed by atoms with Crippen LogP contribution in [0.4, 0.5) is 5.69 Å². The normalized spacial score (nSPS) is 16.8. The molecule has 2 aromatic carbocycles. The third kappa shape index (κ3) is 3.76. The first-order valence-corrected chi connectivity index (χ1v) is 9.69. The molecule has 2 heterocycles. The lowest BCUT2D eigenvalue weighted by atomic mass is 10.0. The summed E-state index contributed by atoms with van der Waals surface area (Å²) < 4.78 is 0. The number of hydrogen-bond donors (Lipinski definition) is 2. The van der Waals surface area contributed by atoms with Gasteiger partial charge in [-0.25, -0.2) is 4.98 Å². The molecule has 1 aliphatic heterocycles. The second-order valence-corrected chi connectivity index (χ2v) is 7.41. The average molecular weight is 375 g/mol. The number of anilines is 1. The molecule has 1 saturated heterocycles. The molecular formula is C22H25N5O. The van der Waals surface area contributed by atoms with Crippen molar-refractivity contribution in [2.24, 2.45) is 0 Å². The molecule has 0 bridgehead atoms. The molecule has 0 spiro atoms. The lowest BCUT2D eigenvalue weighted by Crippen LogP contribution is -2.45. The minimum absolute atomic E-state index is 0.0404. The highest BCUT2D eigenvalue weighted by Crippen LogP contribution is 2.24. The number of nitrogens with one attached hydrogen (secondary N) is 2. The first-order chi connectivity index (χ1) is 13.6. The molecule has 3 aromatic rings. The van der Waals surface area contributed by atoms with Crippen molar-refractivity contribution >= 4 is 11.6 Å². The van der Waals surface area contributed by atoms with Crippen molar-refractivity contribution in [3.8, 4) is 11.4 Å². The van der Waals surface area contributed by atoms with Crippen LogP contribution in [0.2, 0.25) is 0 Å². The van der Waals surface area contributed by atoms with E-state index in [1.165, 1.54) is 17.5 Å². The molecule has 6 nitrogen and oxygen atoms in total. The molecule has 1 fully saturated rings. The highest BCUT2D eigenvalue weighted by atomic mass is 16.2. The average Bonchev–Trinajstić information content (AvgIpc) is 3.25. The standard InChI is InChI=1S/C22H25N5O/c1-15-9-10-17(12-16(15)2)25-18-6-5-11-27(13-18)22(28)20-8-4-3-7-19(20)21-23-14-24-26-21/h3-4,7-10,12,14,18,25H,5-6,11,13H2,1-2H3,(H,23,24,26). The maximum atomic E-state index is 13.2. The summed E-state index contributed by atoms with van der Waals surface area (Å²) in [6.07, 6.45) is 3.50. The molecule has 144 valence electrons. The van der Waals surface area contributed by atoms with Gasteiger partial charge >= 0.3 is 0 Å². The molecule has 2 N–H and O–H groups in total. The van der Waals surface area contributed by atoms with Gasteiger partial charge in [0, 0.05) is 30.4 Å². The lowest BCUT2D eigenvalue weighted by Gasteiger charge is -2.34. The molecule has 6 heteroatoms. The Hall–Kier alpha value is -3.15. The van der Waals surface area contributed by atoms with Crippen molar-refractivity contribution in [3.63, 3.8) is 0 Å². The number of rotatable bonds is 4. The zero-order valence-electron chi connectivity index (χ0n) is 16.3. The molecule has 4 rings (SSSR count). The minimum atomic E-state index is 0.0404. The molecule has 0 aliphatic carbocycles. The summed E-state index contributed by atoms with van der Waals surface area (Å²) in [5.41, 5.74) is 5.12. The van der Waals surface area contributed by atoms with Crippen LogP contribution in [0.3, 0.4) is 0 Å². The number of H-pyrrole nitrogens is 1. The second-order valence-electron chi connectivity index (χ2n) is 7.41. The SMILES string of the molecule is Cc1ccc(NC2CCCN(C(=O)c3ccccc3-c3ncn[nH]3)C2)cc1C. The van der Waals surface area contributed by atoms with Gasteiger partial charge in [0.05, 0.1) is 5.56 Å². The van der Waals surface area contributed by atoms with E-state index in [1.54, 1.807) is 0 Å². The van der Waals surface area contributed by atoms with Gasteiger partial charge in [0.2, 0.25) is 0 Å². The zero-order valence-corrected chi connectivity index (χ0v) is 16.3. The number of nitrogens with zero attached hydrogens (tertiary/aromatic N) is 3. The second kappa shape index (κ2) is 7.84. The minimum Gasteiger partial charge on any atom is -0.381 e. The van der Waals surface area contributed by atoms with Crippen molar-refractivity contribution in [2.45, 2.75) is 32.7 Å². The Morgan fingerprint density at radius 2 is 2.04 bits per heavy atom. The summed E-state index contributed by atoms with van der Waals surface area (Å²) in [4.78, 5) is 19.4. The van der Waals surface area contributed by atoms with Gasteiger partial charge in [-0.1, -0.05) is 24.3 Å². The fourth-order valence-electron chi connectivity index (χ4n) is 3.73. The largest absolute Gasteiger partial charge is 0.381 e. The van der Waals surface area contributed by atoms with Crippen LogP contribution < -0.4 is 5.32 Å². The number of amides is 1. The van der Waals surface area contributed by atoms with Crippen LogP contribution in [-0.4, -0.2) is 45.1 Å². The van der Waals surface area contributed by atoms with Crippen LogP contribution in [-0.2, 0) is 0 Å². The Morgan fingerprint density at radius 3 is 2.82 bits per heavy atom. The molecule has 0 radical (unpaired) electrons. The van der Waals surface area contributed by atoms with E-state index in [2.05, 4.69) is 52.5 Å². The first kappa shape index (κ1) is 18.2. The van der Waals surface area contributed by atoms with E-state index in [4.69, 9.17) is 0 Å². The van der Waals surface area contributed by atoms with Crippen molar-refractivity contribution in [3.05, 3.63) is 65.5 Å². The summed E-state index contributed by atoms with van der Waals surface area (Å²) in [6.45, 7) is 5.70. The third-order valence-corrected chi connectivity index (χ3v) is 5.41. The van der Waals surface area contributed by atoms with Crippen LogP contribution in [0.15, 0.2) is 48.8 Å². The van der Waals surface area contributed by atoms with Crippen molar-refractivity contribution in [1.29, 1.82) is 0 Å². The van der Waals surface area contributed by atoms with Gasteiger partial charge in [-0.15, -0.1) is 0 Å². The lowest BCUT2D eigenvalue weighted by molar-refractivity contribution is 0.0715. The number of hydrogen-bond acceptors (Lipinski definition) is 4.